The minimum atomic E-state index is -1.14. The number of nitrogens with zero attached hydrogens (tertiary/aromatic N) is 1. The van der Waals surface area contributed by atoms with Gasteiger partial charge in [-0.05, 0) is 54.9 Å². The topological polar surface area (TPSA) is 99.8 Å². The molecule has 0 aromatic heterocycles. The summed E-state index contributed by atoms with van der Waals surface area (Å²) in [6, 6.07) is 23.6. The minimum absolute atomic E-state index is 0.0152. The first kappa shape index (κ1) is 29.6. The Morgan fingerprint density at radius 3 is 2.15 bits per heavy atom. The molecule has 0 saturated carbocycles. The maximum absolute atomic E-state index is 14.1. The Balaban J connectivity index is 1.79. The zero-order valence-electron chi connectivity index (χ0n) is 23.9. The number of hydrogen-bond acceptors (Lipinski definition) is 5. The van der Waals surface area contributed by atoms with E-state index in [-0.39, 0.29) is 24.2 Å². The first-order valence-electron chi connectivity index (χ1n) is 13.8. The average Bonchev–Trinajstić information content (AvgIpc) is 2.95. The monoisotopic (exact) mass is 554 g/mol. The Labute approximate surface area is 241 Å². The molecule has 2 heterocycles. The predicted molar refractivity (Wildman–Crippen MR) is 160 cm³/mol. The van der Waals surface area contributed by atoms with Gasteiger partial charge in [0.2, 0.25) is 17.7 Å². The second-order valence-electron chi connectivity index (χ2n) is 10.7. The van der Waals surface area contributed by atoms with Gasteiger partial charge in [-0.1, -0.05) is 86.6 Å². The third-order valence-electron chi connectivity index (χ3n) is 7.03. The average molecular weight is 555 g/mol. The van der Waals surface area contributed by atoms with Crippen LogP contribution in [0.4, 0.5) is 0 Å². The van der Waals surface area contributed by atoms with Crippen molar-refractivity contribution in [1.29, 1.82) is 0 Å². The normalized spacial score (nSPS) is 20.9. The van der Waals surface area contributed by atoms with E-state index in [1.165, 1.54) is 0 Å². The number of carbonyl (C=O) groups excluding carboxylic acids is 3. The van der Waals surface area contributed by atoms with Crippen LogP contribution in [0, 0.1) is 5.92 Å². The molecule has 8 heteroatoms. The van der Waals surface area contributed by atoms with Crippen LogP contribution in [0.1, 0.15) is 36.6 Å². The molecule has 8 nitrogen and oxygen atoms in total. The van der Waals surface area contributed by atoms with Crippen molar-refractivity contribution in [2.75, 3.05) is 14.1 Å². The molecule has 3 aromatic rings. The van der Waals surface area contributed by atoms with Gasteiger partial charge < -0.3 is 20.7 Å². The number of benzene rings is 3. The molecule has 2 aliphatic heterocycles. The van der Waals surface area contributed by atoms with E-state index in [0.29, 0.717) is 11.3 Å². The molecule has 0 aliphatic carbocycles. The molecular weight excluding hydrogens is 516 g/mol. The molecule has 4 unspecified atom stereocenters. The molecule has 3 aromatic carbocycles. The first-order valence-corrected chi connectivity index (χ1v) is 13.8. The number of nitrogens with one attached hydrogen (secondary N) is 3. The lowest BCUT2D eigenvalue weighted by molar-refractivity contribution is -0.136. The molecule has 214 valence electrons. The van der Waals surface area contributed by atoms with Gasteiger partial charge in [-0.25, -0.2) is 0 Å². The van der Waals surface area contributed by atoms with E-state index in [2.05, 4.69) is 16.0 Å². The SMILES string of the molecule is CC(C)C(C(=O)NC1C(=O)NC(Cc2ccccc2)C(=O)N/C=C/c2ccc(cc2)OC1c1ccccc1)N(C)C. The molecule has 3 N–H and O–H groups in total. The van der Waals surface area contributed by atoms with E-state index >= 15 is 0 Å². The Morgan fingerprint density at radius 1 is 0.902 bits per heavy atom. The quantitative estimate of drug-likeness (QED) is 0.414. The lowest BCUT2D eigenvalue weighted by Crippen LogP contribution is -2.59. The van der Waals surface area contributed by atoms with Crippen LogP contribution >= 0.6 is 0 Å². The number of likely N-dealkylation sites (N-methyl/N-ethyl adjacent to an activating group) is 1. The van der Waals surface area contributed by atoms with Gasteiger partial charge in [0.05, 0.1) is 6.04 Å². The molecule has 3 amide bonds. The Morgan fingerprint density at radius 2 is 1.54 bits per heavy atom. The van der Waals surface area contributed by atoms with E-state index in [0.717, 1.165) is 11.1 Å². The maximum Gasteiger partial charge on any atom is 0.247 e. The molecule has 0 saturated heterocycles. The summed E-state index contributed by atoms with van der Waals surface area (Å²) in [4.78, 5) is 43.0. The smallest absolute Gasteiger partial charge is 0.247 e. The summed E-state index contributed by atoms with van der Waals surface area (Å²) in [5.74, 6) is -0.681. The van der Waals surface area contributed by atoms with E-state index in [9.17, 15) is 14.4 Å². The molecule has 4 atom stereocenters. The summed E-state index contributed by atoms with van der Waals surface area (Å²) in [7, 11) is 3.66. The van der Waals surface area contributed by atoms with Crippen LogP contribution in [0.3, 0.4) is 0 Å². The van der Waals surface area contributed by atoms with Gasteiger partial charge in [0.25, 0.3) is 0 Å². The Kier molecular flexibility index (Phi) is 9.92. The molecule has 41 heavy (non-hydrogen) atoms. The highest BCUT2D eigenvalue weighted by Crippen LogP contribution is 2.27. The van der Waals surface area contributed by atoms with Crippen LogP contribution < -0.4 is 20.7 Å². The molecule has 2 aliphatic rings. The lowest BCUT2D eigenvalue weighted by atomic mass is 9.97. The van der Waals surface area contributed by atoms with Crippen LogP contribution in [-0.4, -0.2) is 54.8 Å². The number of carbonyl (C=O) groups is 3. The van der Waals surface area contributed by atoms with Gasteiger partial charge in [-0.2, -0.15) is 0 Å². The van der Waals surface area contributed by atoms with Crippen LogP contribution in [0.2, 0.25) is 0 Å². The van der Waals surface area contributed by atoms with Crippen molar-refractivity contribution in [1.82, 2.24) is 20.9 Å². The standard InChI is InChI=1S/C33H38N4O4/c1-22(2)29(37(3)4)33(40)36-28-30(25-13-9-6-10-14-25)41-26-17-15-23(16-18-26)19-20-34-31(38)27(35-32(28)39)21-24-11-7-5-8-12-24/h5-20,22,27-30H,21H2,1-4H3,(H,34,38)(H,35,39)(H,36,40)/b20-19+. The highest BCUT2D eigenvalue weighted by molar-refractivity contribution is 5.94. The van der Waals surface area contributed by atoms with Crippen molar-refractivity contribution >= 4 is 23.8 Å². The Bertz CT molecular complexity index is 1330. The van der Waals surface area contributed by atoms with Crippen molar-refractivity contribution < 1.29 is 19.1 Å². The second-order valence-corrected chi connectivity index (χ2v) is 10.7. The van der Waals surface area contributed by atoms with Gasteiger partial charge >= 0.3 is 0 Å². The molecule has 2 bridgehead atoms. The summed E-state index contributed by atoms with van der Waals surface area (Å²) < 4.78 is 6.45. The summed E-state index contributed by atoms with van der Waals surface area (Å²) in [5.41, 5.74) is 2.46. The Hall–Kier alpha value is -4.43. The zero-order chi connectivity index (χ0) is 29.4. The van der Waals surface area contributed by atoms with Crippen LogP contribution in [0.25, 0.3) is 6.08 Å². The van der Waals surface area contributed by atoms with Gasteiger partial charge in [0, 0.05) is 12.6 Å². The van der Waals surface area contributed by atoms with Crippen molar-refractivity contribution in [3.05, 3.63) is 108 Å². The third kappa shape index (κ3) is 7.83. The summed E-state index contributed by atoms with van der Waals surface area (Å²) >= 11 is 0. The zero-order valence-corrected chi connectivity index (χ0v) is 23.9. The lowest BCUT2D eigenvalue weighted by Gasteiger charge is -2.33. The molecule has 0 fully saturated rings. The van der Waals surface area contributed by atoms with E-state index in [1.807, 2.05) is 106 Å². The number of amides is 3. The molecular formula is C33H38N4O4. The number of fused-ring (bicyclic) bond motifs is 10. The fraction of sp³-hybridized carbons (Fsp3) is 0.303. The second kappa shape index (κ2) is 13.8. The van der Waals surface area contributed by atoms with Crippen LogP contribution in [0.5, 0.6) is 5.75 Å². The van der Waals surface area contributed by atoms with Gasteiger partial charge in [-0.15, -0.1) is 0 Å². The predicted octanol–water partition coefficient (Wildman–Crippen LogP) is 3.71. The number of rotatable bonds is 7. The number of hydrogen-bond donors (Lipinski definition) is 3. The largest absolute Gasteiger partial charge is 0.483 e. The highest BCUT2D eigenvalue weighted by Gasteiger charge is 2.37. The number of ether oxygens (including phenoxy) is 1. The van der Waals surface area contributed by atoms with E-state index < -0.39 is 30.1 Å². The first-order chi connectivity index (χ1) is 19.7. The maximum atomic E-state index is 14.1. The summed E-state index contributed by atoms with van der Waals surface area (Å²) in [6.07, 6.45) is 2.73. The van der Waals surface area contributed by atoms with Gasteiger partial charge in [-0.3, -0.25) is 19.3 Å². The summed E-state index contributed by atoms with van der Waals surface area (Å²) in [6.45, 7) is 3.91. The fourth-order valence-corrected chi connectivity index (χ4v) is 5.07. The third-order valence-corrected chi connectivity index (χ3v) is 7.03. The fourth-order valence-electron chi connectivity index (χ4n) is 5.07. The van der Waals surface area contributed by atoms with Crippen molar-refractivity contribution in [2.45, 2.75) is 44.5 Å². The van der Waals surface area contributed by atoms with Crippen molar-refractivity contribution in [3.8, 4) is 5.75 Å². The molecule has 5 rings (SSSR count). The van der Waals surface area contributed by atoms with Crippen molar-refractivity contribution in [3.63, 3.8) is 0 Å². The minimum Gasteiger partial charge on any atom is -0.483 e. The van der Waals surface area contributed by atoms with Crippen LogP contribution in [-0.2, 0) is 20.8 Å². The van der Waals surface area contributed by atoms with Gasteiger partial charge in [0.15, 0.2) is 6.10 Å². The van der Waals surface area contributed by atoms with E-state index in [1.54, 1.807) is 24.4 Å². The highest BCUT2D eigenvalue weighted by atomic mass is 16.5. The van der Waals surface area contributed by atoms with E-state index in [4.69, 9.17) is 4.74 Å². The summed E-state index contributed by atoms with van der Waals surface area (Å²) in [5, 5.41) is 8.71. The molecule has 0 radical (unpaired) electrons. The van der Waals surface area contributed by atoms with Crippen molar-refractivity contribution in [2.24, 2.45) is 5.92 Å². The van der Waals surface area contributed by atoms with Gasteiger partial charge in [0.1, 0.15) is 17.8 Å². The van der Waals surface area contributed by atoms with Crippen LogP contribution in [0.15, 0.2) is 91.1 Å². The molecule has 0 spiro atoms.